The molecule has 0 aliphatic heterocycles. The Kier molecular flexibility index (Phi) is 4.14. The van der Waals surface area contributed by atoms with Crippen molar-refractivity contribution in [1.82, 2.24) is 0 Å². The second-order valence-electron chi connectivity index (χ2n) is 5.70. The molecule has 1 N–H and O–H groups in total. The predicted molar refractivity (Wildman–Crippen MR) is 72.8 cm³/mol. The molecule has 2 atom stereocenters. The molecule has 1 aromatic rings. The minimum Gasteiger partial charge on any atom is -0.481 e. The lowest BCUT2D eigenvalue weighted by Gasteiger charge is -2.36. The third-order valence-corrected chi connectivity index (χ3v) is 4.45. The summed E-state index contributed by atoms with van der Waals surface area (Å²) in [6.45, 7) is 2.07. The van der Waals surface area contributed by atoms with Gasteiger partial charge in [0.25, 0.3) is 0 Å². The van der Waals surface area contributed by atoms with Crippen LogP contribution in [0.25, 0.3) is 0 Å². The van der Waals surface area contributed by atoms with Gasteiger partial charge in [-0.05, 0) is 48.9 Å². The summed E-state index contributed by atoms with van der Waals surface area (Å²) in [5.74, 6) is -0.777. The van der Waals surface area contributed by atoms with Crippen LogP contribution in [0.15, 0.2) is 18.2 Å². The number of benzene rings is 1. The van der Waals surface area contributed by atoms with Crippen LogP contribution in [0.1, 0.15) is 38.2 Å². The first-order valence-electron chi connectivity index (χ1n) is 6.60. The molecule has 104 valence electrons. The highest BCUT2D eigenvalue weighted by atomic mass is 35.5. The molecule has 1 aliphatic rings. The minimum atomic E-state index is -0.797. The number of aliphatic carboxylic acids is 1. The second kappa shape index (κ2) is 5.49. The van der Waals surface area contributed by atoms with Gasteiger partial charge in [-0.1, -0.05) is 31.4 Å². The highest BCUT2D eigenvalue weighted by Gasteiger charge is 2.42. The van der Waals surface area contributed by atoms with Crippen molar-refractivity contribution < 1.29 is 14.3 Å². The Morgan fingerprint density at radius 2 is 2.32 bits per heavy atom. The van der Waals surface area contributed by atoms with Crippen LogP contribution >= 0.6 is 11.6 Å². The fourth-order valence-electron chi connectivity index (χ4n) is 3.13. The zero-order valence-electron chi connectivity index (χ0n) is 11.0. The summed E-state index contributed by atoms with van der Waals surface area (Å²) in [6.07, 6.45) is 3.55. The van der Waals surface area contributed by atoms with Crippen LogP contribution in [-0.4, -0.2) is 11.1 Å². The van der Waals surface area contributed by atoms with Gasteiger partial charge in [0.2, 0.25) is 0 Å². The van der Waals surface area contributed by atoms with Crippen molar-refractivity contribution in [2.75, 3.05) is 0 Å². The molecule has 0 amide bonds. The van der Waals surface area contributed by atoms with Crippen molar-refractivity contribution in [2.24, 2.45) is 11.3 Å². The molecule has 1 saturated carbocycles. The quantitative estimate of drug-likeness (QED) is 0.898. The Morgan fingerprint density at radius 3 is 2.95 bits per heavy atom. The molecular weight excluding hydrogens is 267 g/mol. The van der Waals surface area contributed by atoms with Gasteiger partial charge in [0.15, 0.2) is 0 Å². The maximum atomic E-state index is 13.3. The van der Waals surface area contributed by atoms with E-state index in [1.165, 1.54) is 18.2 Å². The molecule has 0 saturated heterocycles. The van der Waals surface area contributed by atoms with Crippen molar-refractivity contribution >= 4 is 17.6 Å². The first-order valence-corrected chi connectivity index (χ1v) is 6.98. The first kappa shape index (κ1) is 14.3. The Bertz CT molecular complexity index is 489. The number of carbonyl (C=O) groups is 1. The average Bonchev–Trinajstić information content (AvgIpc) is 2.34. The largest absolute Gasteiger partial charge is 0.481 e. The van der Waals surface area contributed by atoms with E-state index in [1.54, 1.807) is 0 Å². The van der Waals surface area contributed by atoms with Crippen molar-refractivity contribution in [3.05, 3.63) is 34.6 Å². The topological polar surface area (TPSA) is 37.3 Å². The van der Waals surface area contributed by atoms with E-state index in [-0.39, 0.29) is 5.82 Å². The average molecular weight is 285 g/mol. The molecule has 1 fully saturated rings. The molecular formula is C15H18ClFO2. The monoisotopic (exact) mass is 284 g/mol. The smallest absolute Gasteiger partial charge is 0.309 e. The van der Waals surface area contributed by atoms with Gasteiger partial charge in [-0.15, -0.1) is 0 Å². The standard InChI is InChI=1S/C15H18ClFO2/c1-10-3-2-6-15(8-10,14(18)19)9-11-7-12(17)4-5-13(11)16/h4-5,7,10H,2-3,6,8-9H2,1H3,(H,18,19). The van der Waals surface area contributed by atoms with Gasteiger partial charge in [0.05, 0.1) is 5.41 Å². The third kappa shape index (κ3) is 3.08. The van der Waals surface area contributed by atoms with Gasteiger partial charge < -0.3 is 5.11 Å². The van der Waals surface area contributed by atoms with Crippen molar-refractivity contribution in [2.45, 2.75) is 39.0 Å². The van der Waals surface area contributed by atoms with E-state index in [4.69, 9.17) is 11.6 Å². The second-order valence-corrected chi connectivity index (χ2v) is 6.11. The van der Waals surface area contributed by atoms with Gasteiger partial charge in [0, 0.05) is 5.02 Å². The lowest BCUT2D eigenvalue weighted by molar-refractivity contribution is -0.152. The summed E-state index contributed by atoms with van der Waals surface area (Å²) < 4.78 is 13.3. The van der Waals surface area contributed by atoms with Gasteiger partial charge in [0.1, 0.15) is 5.82 Å². The summed E-state index contributed by atoms with van der Waals surface area (Å²) in [7, 11) is 0. The van der Waals surface area contributed by atoms with E-state index in [0.29, 0.717) is 35.8 Å². The van der Waals surface area contributed by atoms with E-state index in [1.807, 2.05) is 0 Å². The maximum absolute atomic E-state index is 13.3. The number of halogens is 2. The maximum Gasteiger partial charge on any atom is 0.309 e. The van der Waals surface area contributed by atoms with Crippen LogP contribution in [0.2, 0.25) is 5.02 Å². The van der Waals surface area contributed by atoms with Crippen LogP contribution in [0.5, 0.6) is 0 Å². The Hall–Kier alpha value is -1.09. The van der Waals surface area contributed by atoms with Crippen LogP contribution < -0.4 is 0 Å². The number of carboxylic acid groups (broad SMARTS) is 1. The Morgan fingerprint density at radius 1 is 1.58 bits per heavy atom. The molecule has 2 nitrogen and oxygen atoms in total. The number of hydrogen-bond acceptors (Lipinski definition) is 1. The summed E-state index contributed by atoms with van der Waals surface area (Å²) >= 11 is 6.06. The summed E-state index contributed by atoms with van der Waals surface area (Å²) in [5, 5.41) is 10.0. The molecule has 19 heavy (non-hydrogen) atoms. The van der Waals surface area contributed by atoms with Crippen LogP contribution in [0.3, 0.4) is 0 Å². The lowest BCUT2D eigenvalue weighted by Crippen LogP contribution is -2.38. The first-order chi connectivity index (χ1) is 8.93. The molecule has 0 spiro atoms. The lowest BCUT2D eigenvalue weighted by atomic mass is 9.67. The van der Waals surface area contributed by atoms with E-state index < -0.39 is 11.4 Å². The molecule has 2 rings (SSSR count). The van der Waals surface area contributed by atoms with Gasteiger partial charge in [-0.3, -0.25) is 4.79 Å². The molecule has 0 heterocycles. The highest BCUT2D eigenvalue weighted by Crippen LogP contribution is 2.43. The summed E-state index contributed by atoms with van der Waals surface area (Å²) in [6, 6.07) is 4.14. The van der Waals surface area contributed by atoms with Gasteiger partial charge in [-0.25, -0.2) is 4.39 Å². The van der Waals surface area contributed by atoms with Crippen LogP contribution in [0, 0.1) is 17.2 Å². The SMILES string of the molecule is CC1CCCC(Cc2cc(F)ccc2Cl)(C(=O)O)C1. The van der Waals surface area contributed by atoms with E-state index in [9.17, 15) is 14.3 Å². The van der Waals surface area contributed by atoms with Crippen molar-refractivity contribution in [1.29, 1.82) is 0 Å². The van der Waals surface area contributed by atoms with Crippen molar-refractivity contribution in [3.8, 4) is 0 Å². The highest BCUT2D eigenvalue weighted by molar-refractivity contribution is 6.31. The third-order valence-electron chi connectivity index (χ3n) is 4.08. The molecule has 0 radical (unpaired) electrons. The van der Waals surface area contributed by atoms with E-state index in [0.717, 1.165) is 12.8 Å². The Labute approximate surface area is 117 Å². The molecule has 2 unspecified atom stereocenters. The zero-order chi connectivity index (χ0) is 14.0. The molecule has 0 aromatic heterocycles. The number of carboxylic acids is 1. The molecule has 0 bridgehead atoms. The number of hydrogen-bond donors (Lipinski definition) is 1. The molecule has 4 heteroatoms. The minimum absolute atomic E-state index is 0.309. The van der Waals surface area contributed by atoms with Gasteiger partial charge in [-0.2, -0.15) is 0 Å². The van der Waals surface area contributed by atoms with Crippen LogP contribution in [-0.2, 0) is 11.2 Å². The molecule has 1 aliphatic carbocycles. The van der Waals surface area contributed by atoms with Crippen LogP contribution in [0.4, 0.5) is 4.39 Å². The van der Waals surface area contributed by atoms with E-state index >= 15 is 0 Å². The fraction of sp³-hybridized carbons (Fsp3) is 0.533. The normalized spacial score (nSPS) is 27.2. The van der Waals surface area contributed by atoms with Gasteiger partial charge >= 0.3 is 5.97 Å². The summed E-state index contributed by atoms with van der Waals surface area (Å²) in [4.78, 5) is 11.7. The van der Waals surface area contributed by atoms with Crippen molar-refractivity contribution in [3.63, 3.8) is 0 Å². The predicted octanol–water partition coefficient (Wildman–Crippen LogP) is 4.30. The summed E-state index contributed by atoms with van der Waals surface area (Å²) in [5.41, 5.74) is -0.201. The zero-order valence-corrected chi connectivity index (χ0v) is 11.7. The van der Waals surface area contributed by atoms with E-state index in [2.05, 4.69) is 6.92 Å². The fourth-order valence-corrected chi connectivity index (χ4v) is 3.32. The number of rotatable bonds is 3. The Balaban J connectivity index is 2.30. The molecule has 1 aromatic carbocycles.